The summed E-state index contributed by atoms with van der Waals surface area (Å²) in [6, 6.07) is 1.78. The number of aryl methyl sites for hydroxylation is 2. The van der Waals surface area contributed by atoms with Crippen LogP contribution in [0.1, 0.15) is 28.2 Å². The highest BCUT2D eigenvalue weighted by molar-refractivity contribution is 5.78. The summed E-state index contributed by atoms with van der Waals surface area (Å²) in [5, 5.41) is 18.9. The van der Waals surface area contributed by atoms with Crippen molar-refractivity contribution >= 4 is 5.97 Å². The minimum absolute atomic E-state index is 0.0273. The van der Waals surface area contributed by atoms with Gasteiger partial charge in [-0.05, 0) is 43.0 Å². The zero-order chi connectivity index (χ0) is 12.5. The van der Waals surface area contributed by atoms with Crippen LogP contribution in [0.25, 0.3) is 0 Å². The molecule has 1 atom stereocenters. The fraction of sp³-hybridized carbons (Fsp3) is 0.417. The number of aromatic hydroxyl groups is 1. The van der Waals surface area contributed by atoms with Crippen molar-refractivity contribution in [3.63, 3.8) is 0 Å². The molecule has 16 heavy (non-hydrogen) atoms. The molecule has 0 aliphatic carbocycles. The second-order valence-corrected chi connectivity index (χ2v) is 4.02. The summed E-state index contributed by atoms with van der Waals surface area (Å²) in [4.78, 5) is 11.1. The van der Waals surface area contributed by atoms with Crippen LogP contribution in [-0.2, 0) is 4.79 Å². The van der Waals surface area contributed by atoms with Gasteiger partial charge < -0.3 is 15.9 Å². The van der Waals surface area contributed by atoms with Crippen LogP contribution >= 0.6 is 0 Å². The summed E-state index contributed by atoms with van der Waals surface area (Å²) in [7, 11) is 0. The molecular weight excluding hydrogens is 206 g/mol. The lowest BCUT2D eigenvalue weighted by Crippen LogP contribution is -2.23. The molecule has 0 heterocycles. The second kappa shape index (κ2) is 4.53. The molecule has 0 aromatic heterocycles. The van der Waals surface area contributed by atoms with Crippen LogP contribution in [0, 0.1) is 20.8 Å². The average Bonchev–Trinajstić information content (AvgIpc) is 2.20. The highest BCUT2D eigenvalue weighted by atomic mass is 16.4. The molecule has 0 spiro atoms. The van der Waals surface area contributed by atoms with Gasteiger partial charge in [0.25, 0.3) is 0 Å². The van der Waals surface area contributed by atoms with E-state index in [1.807, 2.05) is 6.92 Å². The monoisotopic (exact) mass is 223 g/mol. The van der Waals surface area contributed by atoms with Crippen molar-refractivity contribution in [2.75, 3.05) is 6.54 Å². The number of carbonyl (C=O) groups is 1. The molecule has 0 bridgehead atoms. The molecular formula is C12H17NO3. The van der Waals surface area contributed by atoms with E-state index in [1.165, 1.54) is 0 Å². The molecule has 4 nitrogen and oxygen atoms in total. The number of carboxylic acids is 1. The molecule has 4 heteroatoms. The largest absolute Gasteiger partial charge is 0.507 e. The van der Waals surface area contributed by atoms with Gasteiger partial charge in [0.2, 0.25) is 0 Å². The Balaban J connectivity index is 3.43. The minimum atomic E-state index is -0.961. The van der Waals surface area contributed by atoms with Gasteiger partial charge in [-0.2, -0.15) is 0 Å². The predicted octanol–water partition coefficient (Wildman–Crippen LogP) is 1.44. The number of phenolic OH excluding ortho intramolecular Hbond substituents is 1. The Kier molecular flexibility index (Phi) is 3.55. The number of phenols is 1. The van der Waals surface area contributed by atoms with Gasteiger partial charge in [0.05, 0.1) is 5.92 Å². The van der Waals surface area contributed by atoms with Crippen molar-refractivity contribution in [3.05, 3.63) is 28.3 Å². The smallest absolute Gasteiger partial charge is 0.312 e. The molecule has 1 aromatic carbocycles. The maximum Gasteiger partial charge on any atom is 0.312 e. The number of aliphatic carboxylic acids is 1. The number of rotatable bonds is 3. The molecule has 0 saturated carbocycles. The van der Waals surface area contributed by atoms with E-state index in [2.05, 4.69) is 0 Å². The van der Waals surface area contributed by atoms with Crippen molar-refractivity contribution in [1.29, 1.82) is 0 Å². The van der Waals surface area contributed by atoms with Gasteiger partial charge in [-0.3, -0.25) is 4.79 Å². The van der Waals surface area contributed by atoms with E-state index in [4.69, 9.17) is 10.8 Å². The minimum Gasteiger partial charge on any atom is -0.507 e. The van der Waals surface area contributed by atoms with Gasteiger partial charge in [0.1, 0.15) is 5.75 Å². The molecule has 1 rings (SSSR count). The average molecular weight is 223 g/mol. The van der Waals surface area contributed by atoms with E-state index in [0.29, 0.717) is 11.1 Å². The summed E-state index contributed by atoms with van der Waals surface area (Å²) in [6.07, 6.45) is 0. The first-order valence-electron chi connectivity index (χ1n) is 5.12. The topological polar surface area (TPSA) is 83.6 Å². The molecule has 88 valence electrons. The normalized spacial score (nSPS) is 12.5. The fourth-order valence-corrected chi connectivity index (χ4v) is 2.07. The van der Waals surface area contributed by atoms with Crippen molar-refractivity contribution in [2.24, 2.45) is 5.73 Å². The van der Waals surface area contributed by atoms with Crippen LogP contribution in [-0.4, -0.2) is 22.7 Å². The lowest BCUT2D eigenvalue weighted by molar-refractivity contribution is -0.138. The molecule has 0 amide bonds. The Morgan fingerprint density at radius 3 is 2.38 bits per heavy atom. The third-order valence-electron chi connectivity index (χ3n) is 2.87. The van der Waals surface area contributed by atoms with Crippen LogP contribution in [0.2, 0.25) is 0 Å². The van der Waals surface area contributed by atoms with Crippen molar-refractivity contribution in [3.8, 4) is 5.75 Å². The number of carboxylic acid groups (broad SMARTS) is 1. The number of nitrogens with two attached hydrogens (primary N) is 1. The quantitative estimate of drug-likeness (QED) is 0.724. The van der Waals surface area contributed by atoms with Crippen LogP contribution in [0.5, 0.6) is 5.75 Å². The first kappa shape index (κ1) is 12.5. The number of hydrogen-bond acceptors (Lipinski definition) is 3. The first-order valence-corrected chi connectivity index (χ1v) is 5.12. The molecule has 0 fully saturated rings. The molecule has 0 saturated heterocycles. The van der Waals surface area contributed by atoms with Crippen LogP contribution in [0.3, 0.4) is 0 Å². The summed E-state index contributed by atoms with van der Waals surface area (Å²) >= 11 is 0. The standard InChI is InChI=1S/C12H17NO3/c1-6-4-7(2)11(14)8(3)10(6)9(5-13)12(15)16/h4,9,14H,5,13H2,1-3H3,(H,15,16). The maximum absolute atomic E-state index is 11.1. The van der Waals surface area contributed by atoms with Crippen LogP contribution in [0.4, 0.5) is 0 Å². The van der Waals surface area contributed by atoms with Crippen molar-refractivity contribution in [2.45, 2.75) is 26.7 Å². The predicted molar refractivity (Wildman–Crippen MR) is 61.7 cm³/mol. The summed E-state index contributed by atoms with van der Waals surface area (Å²) in [5.74, 6) is -1.57. The zero-order valence-corrected chi connectivity index (χ0v) is 9.74. The van der Waals surface area contributed by atoms with Crippen LogP contribution < -0.4 is 5.73 Å². The Hall–Kier alpha value is -1.55. The van der Waals surface area contributed by atoms with E-state index in [-0.39, 0.29) is 12.3 Å². The van der Waals surface area contributed by atoms with E-state index < -0.39 is 11.9 Å². The second-order valence-electron chi connectivity index (χ2n) is 4.02. The summed E-state index contributed by atoms with van der Waals surface area (Å²) < 4.78 is 0. The Morgan fingerprint density at radius 2 is 1.94 bits per heavy atom. The molecule has 4 N–H and O–H groups in total. The summed E-state index contributed by atoms with van der Waals surface area (Å²) in [5.41, 5.74) is 8.30. The van der Waals surface area contributed by atoms with Gasteiger partial charge in [-0.15, -0.1) is 0 Å². The van der Waals surface area contributed by atoms with E-state index in [0.717, 1.165) is 11.1 Å². The molecule has 0 aliphatic heterocycles. The van der Waals surface area contributed by atoms with Crippen molar-refractivity contribution in [1.82, 2.24) is 0 Å². The summed E-state index contributed by atoms with van der Waals surface area (Å²) in [6.45, 7) is 5.37. The van der Waals surface area contributed by atoms with Gasteiger partial charge in [-0.25, -0.2) is 0 Å². The molecule has 0 radical (unpaired) electrons. The first-order chi connectivity index (χ1) is 7.40. The molecule has 1 aromatic rings. The fourth-order valence-electron chi connectivity index (χ4n) is 2.07. The molecule has 1 unspecified atom stereocenters. The zero-order valence-electron chi connectivity index (χ0n) is 9.74. The highest BCUT2D eigenvalue weighted by Crippen LogP contribution is 2.32. The Morgan fingerprint density at radius 1 is 1.38 bits per heavy atom. The number of hydrogen-bond donors (Lipinski definition) is 3. The van der Waals surface area contributed by atoms with E-state index in [9.17, 15) is 9.90 Å². The Labute approximate surface area is 94.7 Å². The van der Waals surface area contributed by atoms with E-state index >= 15 is 0 Å². The third kappa shape index (κ3) is 2.02. The third-order valence-corrected chi connectivity index (χ3v) is 2.87. The number of benzene rings is 1. The Bertz CT molecular complexity index is 427. The van der Waals surface area contributed by atoms with Gasteiger partial charge in [0, 0.05) is 6.54 Å². The lowest BCUT2D eigenvalue weighted by Gasteiger charge is -2.18. The lowest BCUT2D eigenvalue weighted by atomic mass is 9.88. The van der Waals surface area contributed by atoms with Gasteiger partial charge in [0.15, 0.2) is 0 Å². The SMILES string of the molecule is Cc1cc(C)c(C(CN)C(=O)O)c(C)c1O. The van der Waals surface area contributed by atoms with Gasteiger partial charge in [-0.1, -0.05) is 6.07 Å². The van der Waals surface area contributed by atoms with Crippen molar-refractivity contribution < 1.29 is 15.0 Å². The van der Waals surface area contributed by atoms with Crippen LogP contribution in [0.15, 0.2) is 6.07 Å². The maximum atomic E-state index is 11.1. The van der Waals surface area contributed by atoms with Gasteiger partial charge >= 0.3 is 5.97 Å². The highest BCUT2D eigenvalue weighted by Gasteiger charge is 2.23. The van der Waals surface area contributed by atoms with E-state index in [1.54, 1.807) is 19.9 Å². The molecule has 0 aliphatic rings.